The standard InChI is InChI=1S/C25H35NO4/c1-21(2,3)22(4,28)16-13-23-8-9-25(16,29-5)20-24(23)10-11-26-17(23)12-14-6-7-15(27)19(30-20)18(14)24/h6-7,16-17,20,26-28H,8-13H2,1-5H3/t16?,17?,20?,22?,23?,24-,25+/m0/s1. The lowest BCUT2D eigenvalue weighted by atomic mass is 9.33. The van der Waals surface area contributed by atoms with Crippen LogP contribution in [0, 0.1) is 16.7 Å². The molecule has 5 unspecified atom stereocenters. The second kappa shape index (κ2) is 5.36. The van der Waals surface area contributed by atoms with E-state index in [0.717, 1.165) is 38.6 Å². The average molecular weight is 414 g/mol. The van der Waals surface area contributed by atoms with Crippen molar-refractivity contribution >= 4 is 0 Å². The Morgan fingerprint density at radius 3 is 2.63 bits per heavy atom. The van der Waals surface area contributed by atoms with Gasteiger partial charge in [0, 0.05) is 35.5 Å². The number of fused-ring (bicyclic) bond motifs is 2. The molecule has 30 heavy (non-hydrogen) atoms. The molecular weight excluding hydrogens is 378 g/mol. The summed E-state index contributed by atoms with van der Waals surface area (Å²) in [6.45, 7) is 9.33. The molecule has 7 rings (SSSR count). The number of piperidine rings is 1. The lowest BCUT2D eigenvalue weighted by molar-refractivity contribution is -0.303. The third kappa shape index (κ3) is 1.77. The number of aliphatic hydroxyl groups is 1. The summed E-state index contributed by atoms with van der Waals surface area (Å²) in [7, 11) is 1.80. The van der Waals surface area contributed by atoms with E-state index in [1.807, 2.05) is 6.92 Å². The zero-order valence-electron chi connectivity index (χ0n) is 18.8. The van der Waals surface area contributed by atoms with Crippen LogP contribution < -0.4 is 10.1 Å². The summed E-state index contributed by atoms with van der Waals surface area (Å²) in [5.74, 6) is 0.887. The summed E-state index contributed by atoms with van der Waals surface area (Å²) in [5, 5.41) is 26.6. The Morgan fingerprint density at radius 1 is 1.17 bits per heavy atom. The molecule has 7 atom stereocenters. The minimum absolute atomic E-state index is 0.0160. The van der Waals surface area contributed by atoms with E-state index >= 15 is 0 Å². The smallest absolute Gasteiger partial charge is 0.165 e. The number of methoxy groups -OCH3 is 1. The van der Waals surface area contributed by atoms with Crippen LogP contribution in [0.25, 0.3) is 0 Å². The summed E-state index contributed by atoms with van der Waals surface area (Å²) in [4.78, 5) is 0. The van der Waals surface area contributed by atoms with Crippen LogP contribution in [0.2, 0.25) is 0 Å². The van der Waals surface area contributed by atoms with Crippen LogP contribution >= 0.6 is 0 Å². The van der Waals surface area contributed by atoms with Crippen molar-refractivity contribution < 1.29 is 19.7 Å². The number of phenolic OH excluding ortho intramolecular Hbond substituents is 1. The predicted molar refractivity (Wildman–Crippen MR) is 114 cm³/mol. The summed E-state index contributed by atoms with van der Waals surface area (Å²) in [5.41, 5.74) is 0.658. The summed E-state index contributed by atoms with van der Waals surface area (Å²) in [6.07, 6.45) is 4.66. The average Bonchev–Trinajstić information content (AvgIpc) is 3.05. The lowest BCUT2D eigenvalue weighted by Crippen LogP contribution is -2.83. The fraction of sp³-hybridized carbons (Fsp3) is 0.760. The van der Waals surface area contributed by atoms with Crippen molar-refractivity contribution in [2.75, 3.05) is 13.7 Å². The number of ether oxygens (including phenoxy) is 2. The van der Waals surface area contributed by atoms with E-state index in [9.17, 15) is 10.2 Å². The molecule has 0 radical (unpaired) electrons. The van der Waals surface area contributed by atoms with Crippen molar-refractivity contribution in [3.05, 3.63) is 23.3 Å². The van der Waals surface area contributed by atoms with E-state index in [1.165, 1.54) is 11.1 Å². The molecule has 1 aromatic carbocycles. The van der Waals surface area contributed by atoms with Crippen LogP contribution in [0.15, 0.2) is 12.1 Å². The molecule has 6 aliphatic rings. The van der Waals surface area contributed by atoms with Gasteiger partial charge in [0.25, 0.3) is 0 Å². The van der Waals surface area contributed by atoms with Gasteiger partial charge in [-0.25, -0.2) is 0 Å². The van der Waals surface area contributed by atoms with E-state index in [-0.39, 0.29) is 34.0 Å². The van der Waals surface area contributed by atoms with Gasteiger partial charge in [-0.05, 0) is 62.6 Å². The highest BCUT2D eigenvalue weighted by molar-refractivity contribution is 5.63. The predicted octanol–water partition coefficient (Wildman–Crippen LogP) is 3.29. The maximum absolute atomic E-state index is 12.0. The molecule has 3 N–H and O–H groups in total. The Balaban J connectivity index is 1.65. The molecule has 0 aromatic heterocycles. The highest BCUT2D eigenvalue weighted by Crippen LogP contribution is 2.77. The van der Waals surface area contributed by atoms with Crippen molar-refractivity contribution in [3.8, 4) is 11.5 Å². The number of nitrogens with one attached hydrogen (secondary N) is 1. The van der Waals surface area contributed by atoms with Crippen molar-refractivity contribution in [2.45, 2.75) is 88.6 Å². The van der Waals surface area contributed by atoms with Gasteiger partial charge < -0.3 is 25.0 Å². The highest BCUT2D eigenvalue weighted by atomic mass is 16.6. The molecular formula is C25H35NO4. The van der Waals surface area contributed by atoms with Crippen LogP contribution in [0.4, 0.5) is 0 Å². The quantitative estimate of drug-likeness (QED) is 0.694. The third-order valence-corrected chi connectivity index (χ3v) is 10.4. The van der Waals surface area contributed by atoms with Crippen LogP contribution in [-0.4, -0.2) is 47.2 Å². The van der Waals surface area contributed by atoms with Gasteiger partial charge in [-0.3, -0.25) is 0 Å². The number of aromatic hydroxyl groups is 1. The van der Waals surface area contributed by atoms with E-state index < -0.39 is 11.2 Å². The second-order valence-electron chi connectivity index (χ2n) is 11.8. The molecule has 4 fully saturated rings. The van der Waals surface area contributed by atoms with Crippen LogP contribution in [0.3, 0.4) is 0 Å². The molecule has 1 saturated heterocycles. The molecule has 2 spiro atoms. The second-order valence-corrected chi connectivity index (χ2v) is 11.8. The van der Waals surface area contributed by atoms with Crippen molar-refractivity contribution in [1.29, 1.82) is 0 Å². The third-order valence-electron chi connectivity index (χ3n) is 10.4. The first-order valence-electron chi connectivity index (χ1n) is 11.6. The zero-order chi connectivity index (χ0) is 21.3. The molecule has 164 valence electrons. The molecule has 2 heterocycles. The van der Waals surface area contributed by atoms with Crippen LogP contribution in [0.5, 0.6) is 11.5 Å². The first-order chi connectivity index (χ1) is 14.1. The minimum atomic E-state index is -0.910. The number of benzene rings is 1. The van der Waals surface area contributed by atoms with E-state index in [1.54, 1.807) is 13.2 Å². The number of hydrogen-bond acceptors (Lipinski definition) is 5. The van der Waals surface area contributed by atoms with E-state index in [0.29, 0.717) is 11.8 Å². The molecule has 2 aliphatic heterocycles. The van der Waals surface area contributed by atoms with Gasteiger partial charge in [-0.15, -0.1) is 0 Å². The van der Waals surface area contributed by atoms with Crippen molar-refractivity contribution in [3.63, 3.8) is 0 Å². The topological polar surface area (TPSA) is 71.0 Å². The van der Waals surface area contributed by atoms with Gasteiger partial charge in [-0.2, -0.15) is 0 Å². The Hall–Kier alpha value is -1.30. The number of phenols is 1. The van der Waals surface area contributed by atoms with Crippen LogP contribution in [-0.2, 0) is 16.6 Å². The lowest BCUT2D eigenvalue weighted by Gasteiger charge is -2.74. The molecule has 3 saturated carbocycles. The molecule has 0 amide bonds. The molecule has 5 heteroatoms. The zero-order valence-corrected chi connectivity index (χ0v) is 18.8. The largest absolute Gasteiger partial charge is 0.504 e. The Labute approximate surface area is 179 Å². The highest BCUT2D eigenvalue weighted by Gasteiger charge is 2.81. The number of hydrogen-bond donors (Lipinski definition) is 3. The maximum atomic E-state index is 12.0. The van der Waals surface area contributed by atoms with Gasteiger partial charge in [0.15, 0.2) is 11.5 Å². The summed E-state index contributed by atoms with van der Waals surface area (Å²) >= 11 is 0. The Kier molecular flexibility index (Phi) is 3.46. The van der Waals surface area contributed by atoms with Gasteiger partial charge in [0.1, 0.15) is 11.7 Å². The van der Waals surface area contributed by atoms with Gasteiger partial charge in [-0.1, -0.05) is 26.8 Å². The number of rotatable bonds is 2. The normalized spacial score (nSPS) is 44.9. The SMILES string of the molecule is CO[C@]12CCC3(CC1C(C)(O)C(C)(C)C)C1Cc4ccc(O)c5c4[C@@]3(CCN1)C2O5. The molecule has 5 nitrogen and oxygen atoms in total. The van der Waals surface area contributed by atoms with Crippen molar-refractivity contribution in [1.82, 2.24) is 5.32 Å². The first kappa shape index (κ1) is 19.4. The molecule has 1 aromatic rings. The Bertz CT molecular complexity index is 936. The van der Waals surface area contributed by atoms with Gasteiger partial charge in [0.2, 0.25) is 0 Å². The van der Waals surface area contributed by atoms with E-state index in [4.69, 9.17) is 9.47 Å². The van der Waals surface area contributed by atoms with Crippen molar-refractivity contribution in [2.24, 2.45) is 16.7 Å². The van der Waals surface area contributed by atoms with Crippen LogP contribution in [0.1, 0.15) is 64.5 Å². The Morgan fingerprint density at radius 2 is 1.93 bits per heavy atom. The molecule has 4 bridgehead atoms. The summed E-state index contributed by atoms with van der Waals surface area (Å²) < 4.78 is 13.2. The first-order valence-corrected chi connectivity index (χ1v) is 11.6. The summed E-state index contributed by atoms with van der Waals surface area (Å²) in [6, 6.07) is 4.26. The van der Waals surface area contributed by atoms with E-state index in [2.05, 4.69) is 32.2 Å². The fourth-order valence-corrected chi connectivity index (χ4v) is 8.53. The monoisotopic (exact) mass is 413 g/mol. The van der Waals surface area contributed by atoms with Gasteiger partial charge in [0.05, 0.1) is 5.60 Å². The van der Waals surface area contributed by atoms with Gasteiger partial charge >= 0.3 is 0 Å². The fourth-order valence-electron chi connectivity index (χ4n) is 8.53. The molecule has 4 aliphatic carbocycles. The minimum Gasteiger partial charge on any atom is -0.504 e. The maximum Gasteiger partial charge on any atom is 0.165 e.